The molecule has 0 bridgehead atoms. The van der Waals surface area contributed by atoms with Gasteiger partial charge in [0.1, 0.15) is 0 Å². The van der Waals surface area contributed by atoms with Gasteiger partial charge in [-0.1, -0.05) is 11.8 Å². The van der Waals surface area contributed by atoms with Crippen molar-refractivity contribution < 1.29 is 4.74 Å². The van der Waals surface area contributed by atoms with Crippen LogP contribution in [0.3, 0.4) is 0 Å². The van der Waals surface area contributed by atoms with Crippen molar-refractivity contribution in [1.29, 1.82) is 5.26 Å². The van der Waals surface area contributed by atoms with E-state index in [0.29, 0.717) is 5.88 Å². The summed E-state index contributed by atoms with van der Waals surface area (Å²) in [7, 11) is 1.59. The van der Waals surface area contributed by atoms with Gasteiger partial charge in [-0.2, -0.15) is 5.26 Å². The van der Waals surface area contributed by atoms with Crippen molar-refractivity contribution in [3.05, 3.63) is 35.9 Å². The monoisotopic (exact) mass is 222 g/mol. The van der Waals surface area contributed by atoms with Crippen molar-refractivity contribution >= 4 is 10.9 Å². The van der Waals surface area contributed by atoms with Gasteiger partial charge in [0.15, 0.2) is 0 Å². The lowest BCUT2D eigenvalue weighted by atomic mass is 10.1. The van der Waals surface area contributed by atoms with Crippen LogP contribution in [0.4, 0.5) is 0 Å². The van der Waals surface area contributed by atoms with E-state index in [-0.39, 0.29) is 6.42 Å². The third kappa shape index (κ3) is 2.53. The Kier molecular flexibility index (Phi) is 3.23. The van der Waals surface area contributed by atoms with Gasteiger partial charge in [0.2, 0.25) is 5.88 Å². The largest absolute Gasteiger partial charge is 0.481 e. The molecule has 0 aliphatic rings. The van der Waals surface area contributed by atoms with E-state index in [1.807, 2.05) is 36.4 Å². The minimum absolute atomic E-state index is 0.249. The van der Waals surface area contributed by atoms with Gasteiger partial charge < -0.3 is 4.74 Å². The minimum atomic E-state index is 0.249. The van der Waals surface area contributed by atoms with E-state index >= 15 is 0 Å². The zero-order chi connectivity index (χ0) is 12.1. The minimum Gasteiger partial charge on any atom is -0.481 e. The summed E-state index contributed by atoms with van der Waals surface area (Å²) in [5.41, 5.74) is 1.76. The van der Waals surface area contributed by atoms with Crippen molar-refractivity contribution in [3.63, 3.8) is 0 Å². The molecule has 2 aromatic rings. The van der Waals surface area contributed by atoms with E-state index < -0.39 is 0 Å². The van der Waals surface area contributed by atoms with Gasteiger partial charge in [-0.3, -0.25) is 0 Å². The van der Waals surface area contributed by atoms with Crippen LogP contribution >= 0.6 is 0 Å². The standard InChI is InChI=1S/C14H10N2O/c1-17-14-8-6-12-10-11(4-2-3-9-15)5-7-13(12)16-14/h5-8,10H,3H2,1H3. The second-order valence-electron chi connectivity index (χ2n) is 3.40. The summed E-state index contributed by atoms with van der Waals surface area (Å²) in [6.45, 7) is 0. The maximum atomic E-state index is 8.40. The number of hydrogen-bond acceptors (Lipinski definition) is 3. The normalized spacial score (nSPS) is 9.18. The Labute approximate surface area is 99.7 Å². The highest BCUT2D eigenvalue weighted by Gasteiger charge is 1.98. The summed E-state index contributed by atoms with van der Waals surface area (Å²) in [4.78, 5) is 4.31. The molecule has 0 saturated carbocycles. The Balaban J connectivity index is 2.40. The fraction of sp³-hybridized carbons (Fsp3) is 0.143. The van der Waals surface area contributed by atoms with Gasteiger partial charge in [0.25, 0.3) is 0 Å². The van der Waals surface area contributed by atoms with Crippen LogP contribution in [0.1, 0.15) is 12.0 Å². The van der Waals surface area contributed by atoms with E-state index in [4.69, 9.17) is 10.00 Å². The molecule has 0 N–H and O–H groups in total. The van der Waals surface area contributed by atoms with Gasteiger partial charge in [0.05, 0.1) is 25.1 Å². The number of methoxy groups -OCH3 is 1. The molecule has 0 saturated heterocycles. The Morgan fingerprint density at radius 2 is 2.18 bits per heavy atom. The molecule has 2 rings (SSSR count). The van der Waals surface area contributed by atoms with E-state index in [1.165, 1.54) is 0 Å². The molecule has 3 nitrogen and oxygen atoms in total. The lowest BCUT2D eigenvalue weighted by molar-refractivity contribution is 0.399. The van der Waals surface area contributed by atoms with Gasteiger partial charge in [-0.15, -0.1) is 0 Å². The van der Waals surface area contributed by atoms with Crippen molar-refractivity contribution in [3.8, 4) is 23.8 Å². The van der Waals surface area contributed by atoms with Crippen LogP contribution in [0.25, 0.3) is 10.9 Å². The smallest absolute Gasteiger partial charge is 0.213 e. The number of nitrogens with zero attached hydrogens (tertiary/aromatic N) is 2. The molecule has 0 aliphatic carbocycles. The Hall–Kier alpha value is -2.52. The molecule has 0 atom stereocenters. The van der Waals surface area contributed by atoms with Crippen LogP contribution in [0.2, 0.25) is 0 Å². The molecule has 0 radical (unpaired) electrons. The van der Waals surface area contributed by atoms with E-state index in [2.05, 4.69) is 16.8 Å². The van der Waals surface area contributed by atoms with Crippen LogP contribution in [-0.2, 0) is 0 Å². The average molecular weight is 222 g/mol. The second-order valence-corrected chi connectivity index (χ2v) is 3.40. The van der Waals surface area contributed by atoms with Gasteiger partial charge in [-0.05, 0) is 24.3 Å². The molecule has 1 aromatic carbocycles. The number of benzene rings is 1. The molecular formula is C14H10N2O. The van der Waals surface area contributed by atoms with Crippen molar-refractivity contribution in [2.24, 2.45) is 0 Å². The molecular weight excluding hydrogens is 212 g/mol. The summed E-state index contributed by atoms with van der Waals surface area (Å²) >= 11 is 0. The lowest BCUT2D eigenvalue weighted by Crippen LogP contribution is -1.87. The fourth-order valence-electron chi connectivity index (χ4n) is 1.48. The zero-order valence-electron chi connectivity index (χ0n) is 9.40. The molecule has 0 fully saturated rings. The first-order chi connectivity index (χ1) is 8.33. The van der Waals surface area contributed by atoms with Gasteiger partial charge >= 0.3 is 0 Å². The molecule has 1 aromatic heterocycles. The van der Waals surface area contributed by atoms with Gasteiger partial charge in [-0.25, -0.2) is 4.98 Å². The number of ether oxygens (including phenoxy) is 1. The van der Waals surface area contributed by atoms with Crippen molar-refractivity contribution in [2.75, 3.05) is 7.11 Å². The predicted molar refractivity (Wildman–Crippen MR) is 65.4 cm³/mol. The first-order valence-electron chi connectivity index (χ1n) is 5.14. The summed E-state index contributed by atoms with van der Waals surface area (Å²) in [5, 5.41) is 9.41. The number of pyridine rings is 1. The molecule has 0 unspecified atom stereocenters. The first-order valence-corrected chi connectivity index (χ1v) is 5.14. The highest BCUT2D eigenvalue weighted by atomic mass is 16.5. The maximum Gasteiger partial charge on any atom is 0.213 e. The van der Waals surface area contributed by atoms with Crippen LogP contribution < -0.4 is 4.74 Å². The quantitative estimate of drug-likeness (QED) is 0.696. The molecule has 0 amide bonds. The van der Waals surface area contributed by atoms with E-state index in [9.17, 15) is 0 Å². The van der Waals surface area contributed by atoms with E-state index in [1.54, 1.807) is 7.11 Å². The third-order valence-corrected chi connectivity index (χ3v) is 2.27. The summed E-state index contributed by atoms with van der Waals surface area (Å²) in [6.07, 6.45) is 0.249. The molecule has 17 heavy (non-hydrogen) atoms. The third-order valence-electron chi connectivity index (χ3n) is 2.27. The lowest BCUT2D eigenvalue weighted by Gasteiger charge is -2.01. The first kappa shape index (κ1) is 11.0. The number of hydrogen-bond donors (Lipinski definition) is 0. The maximum absolute atomic E-state index is 8.40. The highest BCUT2D eigenvalue weighted by molar-refractivity contribution is 5.80. The van der Waals surface area contributed by atoms with Crippen LogP contribution in [-0.4, -0.2) is 12.1 Å². The molecule has 3 heteroatoms. The zero-order valence-corrected chi connectivity index (χ0v) is 9.40. The molecule has 0 spiro atoms. The van der Waals surface area contributed by atoms with Crippen LogP contribution in [0.15, 0.2) is 30.3 Å². The topological polar surface area (TPSA) is 45.9 Å². The Morgan fingerprint density at radius 3 is 2.94 bits per heavy atom. The van der Waals surface area contributed by atoms with Crippen molar-refractivity contribution in [2.45, 2.75) is 6.42 Å². The molecule has 82 valence electrons. The SMILES string of the molecule is COc1ccc2cc(C#CCC#N)ccc2n1. The van der Waals surface area contributed by atoms with Crippen LogP contribution in [0.5, 0.6) is 5.88 Å². The second kappa shape index (κ2) is 5.01. The number of fused-ring (bicyclic) bond motifs is 1. The number of aromatic nitrogens is 1. The average Bonchev–Trinajstić information content (AvgIpc) is 2.38. The summed E-state index contributed by atoms with van der Waals surface area (Å²) in [6, 6.07) is 11.5. The summed E-state index contributed by atoms with van der Waals surface area (Å²) in [5.74, 6) is 6.32. The number of nitriles is 1. The van der Waals surface area contributed by atoms with Crippen LogP contribution in [0, 0.1) is 23.2 Å². The fourth-order valence-corrected chi connectivity index (χ4v) is 1.48. The Morgan fingerprint density at radius 1 is 1.29 bits per heavy atom. The molecule has 0 aliphatic heterocycles. The number of rotatable bonds is 1. The highest BCUT2D eigenvalue weighted by Crippen LogP contribution is 2.17. The molecule has 1 heterocycles. The Bertz CT molecular complexity index is 645. The summed E-state index contributed by atoms with van der Waals surface area (Å²) < 4.78 is 5.06. The van der Waals surface area contributed by atoms with Gasteiger partial charge in [0, 0.05) is 17.0 Å². The van der Waals surface area contributed by atoms with E-state index in [0.717, 1.165) is 16.5 Å². The predicted octanol–water partition coefficient (Wildman–Crippen LogP) is 2.51. The van der Waals surface area contributed by atoms with Crippen molar-refractivity contribution in [1.82, 2.24) is 4.98 Å².